The van der Waals surface area contributed by atoms with Crippen molar-refractivity contribution in [1.29, 1.82) is 0 Å². The molecule has 1 nitrogen and oxygen atoms in total. The van der Waals surface area contributed by atoms with Crippen LogP contribution in [-0.4, -0.2) is 4.98 Å². The van der Waals surface area contributed by atoms with E-state index in [4.69, 9.17) is 0 Å². The first kappa shape index (κ1) is 9.28. The lowest BCUT2D eigenvalue weighted by atomic mass is 10.2. The molecule has 0 unspecified atom stereocenters. The molecule has 2 rings (SSSR count). The van der Waals surface area contributed by atoms with E-state index in [0.29, 0.717) is 0 Å². The van der Waals surface area contributed by atoms with Crippen LogP contribution < -0.4 is 0 Å². The molecule has 0 amide bonds. The third-order valence-corrected chi connectivity index (χ3v) is 2.84. The second kappa shape index (κ2) is 4.82. The first-order valence-electron chi connectivity index (χ1n) is 4.44. The minimum absolute atomic E-state index is 0.975. The minimum atomic E-state index is 0.975. The average molecular weight is 200 g/mol. The number of benzene rings is 1. The summed E-state index contributed by atoms with van der Waals surface area (Å²) in [7, 11) is 0. The van der Waals surface area contributed by atoms with Gasteiger partial charge in [-0.15, -0.1) is 11.8 Å². The van der Waals surface area contributed by atoms with Gasteiger partial charge >= 0.3 is 0 Å². The maximum Gasteiger partial charge on any atom is 0.103 e. The van der Waals surface area contributed by atoms with Crippen LogP contribution in [0.5, 0.6) is 0 Å². The van der Waals surface area contributed by atoms with E-state index in [1.807, 2.05) is 18.2 Å². The second-order valence-electron chi connectivity index (χ2n) is 2.89. The van der Waals surface area contributed by atoms with Gasteiger partial charge in [0.15, 0.2) is 0 Å². The fraction of sp³-hybridized carbons (Fsp3) is 0.0833. The molecule has 69 valence electrons. The second-order valence-corrected chi connectivity index (χ2v) is 3.90. The number of hydrogen-bond acceptors (Lipinski definition) is 2. The molecule has 2 heteroatoms. The van der Waals surface area contributed by atoms with E-state index in [0.717, 1.165) is 10.6 Å². The van der Waals surface area contributed by atoms with E-state index in [1.54, 1.807) is 18.0 Å². The van der Waals surface area contributed by atoms with Gasteiger partial charge in [-0.25, -0.2) is 0 Å². The van der Waals surface area contributed by atoms with Crippen LogP contribution in [0, 0.1) is 6.20 Å². The molecular formula is C12H10NS. The summed E-state index contributed by atoms with van der Waals surface area (Å²) in [6.07, 6.45) is 4.69. The van der Waals surface area contributed by atoms with Crippen molar-refractivity contribution in [2.24, 2.45) is 0 Å². The van der Waals surface area contributed by atoms with Crippen molar-refractivity contribution in [3.05, 3.63) is 60.4 Å². The largest absolute Gasteiger partial charge is 0.253 e. The monoisotopic (exact) mass is 200 g/mol. The molecular weight excluding hydrogens is 190 g/mol. The summed E-state index contributed by atoms with van der Waals surface area (Å²) in [6.45, 7) is 0. The van der Waals surface area contributed by atoms with Crippen molar-refractivity contribution >= 4 is 11.8 Å². The third kappa shape index (κ3) is 2.60. The molecule has 0 aliphatic rings. The van der Waals surface area contributed by atoms with E-state index < -0.39 is 0 Å². The van der Waals surface area contributed by atoms with Crippen LogP contribution in [0.15, 0.2) is 53.6 Å². The molecule has 0 saturated carbocycles. The van der Waals surface area contributed by atoms with Crippen LogP contribution in [0.25, 0.3) is 0 Å². The first-order chi connectivity index (χ1) is 6.95. The Balaban J connectivity index is 1.96. The number of nitrogens with zero attached hydrogens (tertiary/aromatic N) is 1. The summed E-state index contributed by atoms with van der Waals surface area (Å²) in [5.41, 5.74) is 1.33. The molecule has 14 heavy (non-hydrogen) atoms. The normalized spacial score (nSPS) is 10.0. The highest BCUT2D eigenvalue weighted by atomic mass is 32.2. The van der Waals surface area contributed by atoms with Gasteiger partial charge in [0, 0.05) is 16.8 Å². The van der Waals surface area contributed by atoms with E-state index >= 15 is 0 Å². The topological polar surface area (TPSA) is 12.9 Å². The Morgan fingerprint density at radius 1 is 1.07 bits per heavy atom. The highest BCUT2D eigenvalue weighted by Crippen LogP contribution is 2.20. The molecule has 0 saturated heterocycles. The zero-order valence-corrected chi connectivity index (χ0v) is 8.50. The smallest absolute Gasteiger partial charge is 0.103 e. The van der Waals surface area contributed by atoms with E-state index in [9.17, 15) is 0 Å². The van der Waals surface area contributed by atoms with Gasteiger partial charge in [-0.2, -0.15) is 0 Å². The van der Waals surface area contributed by atoms with E-state index in [1.165, 1.54) is 5.56 Å². The SMILES string of the molecule is [c]1ncccc1SCc1ccccc1. The summed E-state index contributed by atoms with van der Waals surface area (Å²) >= 11 is 1.76. The molecule has 1 heterocycles. The molecule has 1 aromatic heterocycles. The Morgan fingerprint density at radius 3 is 2.64 bits per heavy atom. The lowest BCUT2D eigenvalue weighted by molar-refractivity contribution is 1.21. The average Bonchev–Trinajstić information content (AvgIpc) is 2.29. The van der Waals surface area contributed by atoms with Gasteiger partial charge in [0.1, 0.15) is 6.20 Å². The number of rotatable bonds is 3. The molecule has 1 radical (unpaired) electrons. The van der Waals surface area contributed by atoms with Crippen LogP contribution >= 0.6 is 11.8 Å². The number of pyridine rings is 1. The standard InChI is InChI=1S/C12H10NS/c1-2-5-11(6-3-1)10-14-12-7-4-8-13-9-12/h1-8H,10H2. The van der Waals surface area contributed by atoms with Gasteiger partial charge in [0.2, 0.25) is 0 Å². The Kier molecular flexibility index (Phi) is 3.19. The zero-order chi connectivity index (χ0) is 9.64. The van der Waals surface area contributed by atoms with Gasteiger partial charge in [-0.05, 0) is 17.7 Å². The Labute approximate surface area is 88.2 Å². The summed E-state index contributed by atoms with van der Waals surface area (Å²) in [4.78, 5) is 5.04. The maximum absolute atomic E-state index is 3.95. The summed E-state index contributed by atoms with van der Waals surface area (Å²) < 4.78 is 0. The van der Waals surface area contributed by atoms with Crippen LogP contribution in [-0.2, 0) is 5.75 Å². The molecule has 0 fully saturated rings. The predicted octanol–water partition coefficient (Wildman–Crippen LogP) is 3.17. The summed E-state index contributed by atoms with van der Waals surface area (Å²) in [5.74, 6) is 0.975. The van der Waals surface area contributed by atoms with Crippen molar-refractivity contribution in [1.82, 2.24) is 4.98 Å². The van der Waals surface area contributed by atoms with Crippen molar-refractivity contribution in [2.75, 3.05) is 0 Å². The van der Waals surface area contributed by atoms with E-state index in [2.05, 4.69) is 35.4 Å². The fourth-order valence-electron chi connectivity index (χ4n) is 1.13. The molecule has 0 aliphatic carbocycles. The van der Waals surface area contributed by atoms with Crippen LogP contribution in [0.4, 0.5) is 0 Å². The first-order valence-corrected chi connectivity index (χ1v) is 5.43. The lowest BCUT2D eigenvalue weighted by Crippen LogP contribution is -1.80. The van der Waals surface area contributed by atoms with Crippen molar-refractivity contribution < 1.29 is 0 Å². The minimum Gasteiger partial charge on any atom is -0.253 e. The Bertz CT molecular complexity index is 333. The fourth-order valence-corrected chi connectivity index (χ4v) is 1.93. The molecule has 0 atom stereocenters. The van der Waals surface area contributed by atoms with Gasteiger partial charge in [-0.1, -0.05) is 30.3 Å². The predicted molar refractivity (Wildman–Crippen MR) is 59.1 cm³/mol. The van der Waals surface area contributed by atoms with Crippen LogP contribution in [0.2, 0.25) is 0 Å². The van der Waals surface area contributed by atoms with E-state index in [-0.39, 0.29) is 0 Å². The highest BCUT2D eigenvalue weighted by molar-refractivity contribution is 7.98. The van der Waals surface area contributed by atoms with Crippen molar-refractivity contribution in [3.8, 4) is 0 Å². The number of hydrogen-bond donors (Lipinski definition) is 0. The van der Waals surface area contributed by atoms with Gasteiger partial charge < -0.3 is 0 Å². The third-order valence-electron chi connectivity index (χ3n) is 1.82. The number of thioether (sulfide) groups is 1. The van der Waals surface area contributed by atoms with Gasteiger partial charge in [-0.3, -0.25) is 4.98 Å². The highest BCUT2D eigenvalue weighted by Gasteiger charge is 1.94. The number of aromatic nitrogens is 1. The lowest BCUT2D eigenvalue weighted by Gasteiger charge is -1.99. The summed E-state index contributed by atoms with van der Waals surface area (Å²) in [6, 6.07) is 14.4. The zero-order valence-electron chi connectivity index (χ0n) is 7.68. The Hall–Kier alpha value is -1.28. The van der Waals surface area contributed by atoms with Crippen molar-refractivity contribution in [2.45, 2.75) is 10.6 Å². The Morgan fingerprint density at radius 2 is 1.93 bits per heavy atom. The molecule has 0 aliphatic heterocycles. The summed E-state index contributed by atoms with van der Waals surface area (Å²) in [5, 5.41) is 0. The van der Waals surface area contributed by atoms with Gasteiger partial charge in [0.05, 0.1) is 0 Å². The quantitative estimate of drug-likeness (QED) is 0.706. The molecule has 0 spiro atoms. The molecule has 0 bridgehead atoms. The molecule has 2 aromatic rings. The molecule has 0 N–H and O–H groups in total. The molecule has 1 aromatic carbocycles. The van der Waals surface area contributed by atoms with Crippen molar-refractivity contribution in [3.63, 3.8) is 0 Å². The van der Waals surface area contributed by atoms with Gasteiger partial charge in [0.25, 0.3) is 0 Å². The van der Waals surface area contributed by atoms with Crippen LogP contribution in [0.1, 0.15) is 5.56 Å². The maximum atomic E-state index is 3.95. The van der Waals surface area contributed by atoms with Crippen LogP contribution in [0.3, 0.4) is 0 Å².